The number of carbonyl (C=O) groups excluding carboxylic acids is 1. The smallest absolute Gasteiger partial charge is 0.323 e. The fraction of sp³-hybridized carbons (Fsp3) is 0.312. The molecule has 4 rings (SSSR count). The van der Waals surface area contributed by atoms with Crippen LogP contribution in [0, 0.1) is 5.82 Å². The molecule has 0 aliphatic carbocycles. The number of carbonyl (C=O) groups is 1. The van der Waals surface area contributed by atoms with Crippen LogP contribution in [-0.2, 0) is 0 Å². The summed E-state index contributed by atoms with van der Waals surface area (Å²) in [5.74, 6) is 0.542. The zero-order valence-corrected chi connectivity index (χ0v) is 14.4. The van der Waals surface area contributed by atoms with Gasteiger partial charge in [-0.3, -0.25) is 5.32 Å². The molecule has 0 radical (unpaired) electrons. The Balaban J connectivity index is 1.44. The molecule has 0 bridgehead atoms. The fourth-order valence-corrected chi connectivity index (χ4v) is 3.31. The van der Waals surface area contributed by atoms with E-state index in [0.717, 1.165) is 12.8 Å². The molecule has 1 aromatic carbocycles. The van der Waals surface area contributed by atoms with Crippen molar-refractivity contribution in [2.75, 3.05) is 18.4 Å². The van der Waals surface area contributed by atoms with Crippen LogP contribution in [0.2, 0.25) is 0 Å². The highest BCUT2D eigenvalue weighted by Crippen LogP contribution is 2.28. The van der Waals surface area contributed by atoms with E-state index in [9.17, 15) is 9.18 Å². The molecule has 1 N–H and O–H groups in total. The van der Waals surface area contributed by atoms with Crippen molar-refractivity contribution in [3.05, 3.63) is 41.5 Å². The van der Waals surface area contributed by atoms with Crippen molar-refractivity contribution in [2.24, 2.45) is 0 Å². The van der Waals surface area contributed by atoms with Gasteiger partial charge in [0.1, 0.15) is 11.3 Å². The Morgan fingerprint density at radius 1 is 1.35 bits per heavy atom. The van der Waals surface area contributed by atoms with Crippen molar-refractivity contribution in [1.82, 2.24) is 25.2 Å². The second-order valence-electron chi connectivity index (χ2n) is 5.92. The summed E-state index contributed by atoms with van der Waals surface area (Å²) in [5, 5.41) is 14.7. The van der Waals surface area contributed by atoms with E-state index >= 15 is 0 Å². The normalized spacial score (nSPS) is 17.3. The molecular weight excluding hydrogens is 359 g/mol. The monoisotopic (exact) mass is 374 g/mol. The lowest BCUT2D eigenvalue weighted by molar-refractivity contribution is 0.184. The van der Waals surface area contributed by atoms with Gasteiger partial charge in [0.25, 0.3) is 0 Å². The van der Waals surface area contributed by atoms with Gasteiger partial charge in [-0.2, -0.15) is 4.98 Å². The highest BCUT2D eigenvalue weighted by atomic mass is 32.1. The summed E-state index contributed by atoms with van der Waals surface area (Å²) < 4.78 is 18.4. The van der Waals surface area contributed by atoms with Crippen LogP contribution in [0.25, 0.3) is 11.4 Å². The first-order valence-corrected chi connectivity index (χ1v) is 8.98. The van der Waals surface area contributed by atoms with Gasteiger partial charge in [0, 0.05) is 18.7 Å². The van der Waals surface area contributed by atoms with Gasteiger partial charge < -0.3 is 9.42 Å². The van der Waals surface area contributed by atoms with Crippen molar-refractivity contribution in [1.29, 1.82) is 0 Å². The topological polar surface area (TPSA) is 97.0 Å². The zero-order chi connectivity index (χ0) is 17.9. The molecule has 10 heteroatoms. The summed E-state index contributed by atoms with van der Waals surface area (Å²) >= 11 is 1.27. The van der Waals surface area contributed by atoms with Crippen LogP contribution in [0.15, 0.2) is 34.3 Å². The van der Waals surface area contributed by atoms with E-state index in [2.05, 4.69) is 25.7 Å². The SMILES string of the molecule is O=C(Nc1nncs1)N1CCCC(c2nc(-c3ccc(F)cc3)no2)C1. The molecule has 2 aromatic heterocycles. The van der Waals surface area contributed by atoms with Gasteiger partial charge in [-0.05, 0) is 37.1 Å². The minimum Gasteiger partial charge on any atom is -0.339 e. The molecule has 0 spiro atoms. The number of likely N-dealkylation sites (tertiary alicyclic amines) is 1. The molecule has 1 atom stereocenters. The molecule has 8 nitrogen and oxygen atoms in total. The third-order valence-electron chi connectivity index (χ3n) is 4.18. The zero-order valence-electron chi connectivity index (χ0n) is 13.6. The van der Waals surface area contributed by atoms with Crippen molar-refractivity contribution in [2.45, 2.75) is 18.8 Å². The number of nitrogens with one attached hydrogen (secondary N) is 1. The van der Waals surface area contributed by atoms with Crippen LogP contribution in [0.3, 0.4) is 0 Å². The number of benzene rings is 1. The number of rotatable bonds is 3. The van der Waals surface area contributed by atoms with Crippen molar-refractivity contribution < 1.29 is 13.7 Å². The Morgan fingerprint density at radius 3 is 2.96 bits per heavy atom. The Hall–Kier alpha value is -2.88. The van der Waals surface area contributed by atoms with Gasteiger partial charge in [-0.25, -0.2) is 9.18 Å². The maximum atomic E-state index is 13.0. The highest BCUT2D eigenvalue weighted by molar-refractivity contribution is 7.13. The summed E-state index contributed by atoms with van der Waals surface area (Å²) in [6.07, 6.45) is 1.69. The minimum absolute atomic E-state index is 0.0365. The third kappa shape index (κ3) is 3.54. The van der Waals surface area contributed by atoms with E-state index in [4.69, 9.17) is 4.52 Å². The van der Waals surface area contributed by atoms with Gasteiger partial charge >= 0.3 is 6.03 Å². The lowest BCUT2D eigenvalue weighted by Gasteiger charge is -2.30. The van der Waals surface area contributed by atoms with Crippen LogP contribution in [0.1, 0.15) is 24.7 Å². The molecule has 134 valence electrons. The average molecular weight is 374 g/mol. The molecule has 1 fully saturated rings. The number of hydrogen-bond acceptors (Lipinski definition) is 7. The van der Waals surface area contributed by atoms with Gasteiger partial charge in [0.2, 0.25) is 16.8 Å². The van der Waals surface area contributed by atoms with Gasteiger partial charge in [-0.1, -0.05) is 16.5 Å². The van der Waals surface area contributed by atoms with Gasteiger partial charge in [0.15, 0.2) is 0 Å². The molecule has 3 heterocycles. The third-order valence-corrected chi connectivity index (χ3v) is 4.78. The van der Waals surface area contributed by atoms with Gasteiger partial charge in [-0.15, -0.1) is 10.2 Å². The molecule has 1 unspecified atom stereocenters. The molecule has 1 saturated heterocycles. The number of halogens is 1. The molecule has 1 aliphatic heterocycles. The molecule has 1 aliphatic rings. The summed E-state index contributed by atoms with van der Waals surface area (Å²) in [6, 6.07) is 5.70. The second kappa shape index (κ2) is 7.16. The van der Waals surface area contributed by atoms with Crippen molar-refractivity contribution >= 4 is 22.5 Å². The molecular formula is C16H15FN6O2S. The largest absolute Gasteiger partial charge is 0.339 e. The number of aromatic nitrogens is 4. The first kappa shape index (κ1) is 16.6. The first-order chi connectivity index (χ1) is 12.7. The molecule has 3 aromatic rings. The number of piperidine rings is 1. The van der Waals surface area contributed by atoms with Gasteiger partial charge in [0.05, 0.1) is 5.92 Å². The Bertz CT molecular complexity index is 883. The number of hydrogen-bond donors (Lipinski definition) is 1. The maximum absolute atomic E-state index is 13.0. The van der Waals surface area contributed by atoms with Crippen LogP contribution >= 0.6 is 11.3 Å². The summed E-state index contributed by atoms with van der Waals surface area (Å²) in [5.41, 5.74) is 2.24. The van der Waals surface area contributed by atoms with Crippen molar-refractivity contribution in [3.8, 4) is 11.4 Å². The lowest BCUT2D eigenvalue weighted by atomic mass is 9.98. The summed E-state index contributed by atoms with van der Waals surface area (Å²) in [7, 11) is 0. The fourth-order valence-electron chi connectivity index (χ4n) is 2.88. The Labute approximate surface area is 152 Å². The average Bonchev–Trinajstić information content (AvgIpc) is 3.34. The molecule has 26 heavy (non-hydrogen) atoms. The second-order valence-corrected chi connectivity index (χ2v) is 6.76. The molecule has 2 amide bonds. The van der Waals surface area contributed by atoms with Crippen LogP contribution < -0.4 is 5.32 Å². The summed E-state index contributed by atoms with van der Waals surface area (Å²) in [6.45, 7) is 1.13. The lowest BCUT2D eigenvalue weighted by Crippen LogP contribution is -2.41. The number of anilines is 1. The summed E-state index contributed by atoms with van der Waals surface area (Å²) in [4.78, 5) is 18.5. The standard InChI is InChI=1S/C16H15FN6O2S/c17-12-5-3-10(4-6-12)13-19-14(25-22-13)11-2-1-7-23(8-11)16(24)20-15-21-18-9-26-15/h3-6,9,11H,1-2,7-8H2,(H,20,21,24). The van der Waals surface area contributed by atoms with E-state index in [-0.39, 0.29) is 17.8 Å². The Kier molecular flexibility index (Phi) is 4.57. The van der Waals surface area contributed by atoms with Crippen LogP contribution in [0.4, 0.5) is 14.3 Å². The van der Waals surface area contributed by atoms with Crippen LogP contribution in [0.5, 0.6) is 0 Å². The van der Waals surface area contributed by atoms with E-state index in [1.165, 1.54) is 23.5 Å². The van der Waals surface area contributed by atoms with E-state index in [0.29, 0.717) is 35.5 Å². The predicted molar refractivity (Wildman–Crippen MR) is 92.2 cm³/mol. The number of urea groups is 1. The quantitative estimate of drug-likeness (QED) is 0.756. The Morgan fingerprint density at radius 2 is 2.19 bits per heavy atom. The molecule has 0 saturated carbocycles. The van der Waals surface area contributed by atoms with Crippen LogP contribution in [-0.4, -0.2) is 44.4 Å². The number of amides is 2. The van der Waals surface area contributed by atoms with E-state index in [1.807, 2.05) is 0 Å². The van der Waals surface area contributed by atoms with E-state index in [1.54, 1.807) is 22.5 Å². The number of nitrogens with zero attached hydrogens (tertiary/aromatic N) is 5. The highest BCUT2D eigenvalue weighted by Gasteiger charge is 2.29. The minimum atomic E-state index is -0.318. The maximum Gasteiger partial charge on any atom is 0.323 e. The van der Waals surface area contributed by atoms with Crippen molar-refractivity contribution in [3.63, 3.8) is 0 Å². The first-order valence-electron chi connectivity index (χ1n) is 8.10. The van der Waals surface area contributed by atoms with E-state index < -0.39 is 0 Å². The predicted octanol–water partition coefficient (Wildman–Crippen LogP) is 3.14.